The van der Waals surface area contributed by atoms with E-state index in [0.29, 0.717) is 0 Å². The number of hydrogen-bond acceptors (Lipinski definition) is 2. The molecule has 0 heterocycles. The van der Waals surface area contributed by atoms with Gasteiger partial charge in [0.2, 0.25) is 0 Å². The zero-order chi connectivity index (χ0) is 11.6. The number of ether oxygens (including phenoxy) is 1. The van der Waals surface area contributed by atoms with Gasteiger partial charge >= 0.3 is 0 Å². The third-order valence-electron chi connectivity index (χ3n) is 2.18. The minimum absolute atomic E-state index is 0.102. The van der Waals surface area contributed by atoms with E-state index < -0.39 is 0 Å². The van der Waals surface area contributed by atoms with Gasteiger partial charge < -0.3 is 4.74 Å². The molecule has 1 aromatic rings. The molecule has 0 saturated heterocycles. The van der Waals surface area contributed by atoms with Crippen LogP contribution >= 0.6 is 27.5 Å². The van der Waals surface area contributed by atoms with E-state index in [1.807, 2.05) is 38.1 Å². The van der Waals surface area contributed by atoms with E-state index in [0.717, 1.165) is 21.9 Å². The third kappa shape index (κ3) is 2.86. The number of nitrogens with zero attached hydrogens (tertiary/aromatic N) is 1. The summed E-state index contributed by atoms with van der Waals surface area (Å²) in [7, 11) is 5.67. The summed E-state index contributed by atoms with van der Waals surface area (Å²) >= 11 is 9.63. The summed E-state index contributed by atoms with van der Waals surface area (Å²) in [6.45, 7) is 1.99. The number of aryl methyl sites for hydroxylation is 1. The normalized spacial score (nSPS) is 13.0. The highest BCUT2D eigenvalue weighted by Gasteiger charge is 2.17. The highest BCUT2D eigenvalue weighted by Crippen LogP contribution is 2.36. The van der Waals surface area contributed by atoms with Gasteiger partial charge in [-0.15, -0.1) is 0 Å². The minimum Gasteiger partial charge on any atom is -0.496 e. The average Bonchev–Trinajstić information content (AvgIpc) is 2.15. The van der Waals surface area contributed by atoms with Crippen LogP contribution in [-0.2, 0) is 0 Å². The number of benzene rings is 1. The summed E-state index contributed by atoms with van der Waals surface area (Å²) in [5, 5.41) is 0.731. The second-order valence-corrected chi connectivity index (χ2v) is 4.95. The van der Waals surface area contributed by atoms with Crippen molar-refractivity contribution in [3.8, 4) is 5.75 Å². The molecular formula is C11H15BrClNO. The molecule has 0 fully saturated rings. The molecule has 0 aromatic heterocycles. The second-order valence-electron chi connectivity index (χ2n) is 3.64. The van der Waals surface area contributed by atoms with Gasteiger partial charge in [-0.1, -0.05) is 27.5 Å². The Labute approximate surface area is 104 Å². The fourth-order valence-corrected chi connectivity index (χ4v) is 2.11. The van der Waals surface area contributed by atoms with Crippen molar-refractivity contribution >= 4 is 27.5 Å². The SMILES string of the molecule is COc1c(C)cc(Cl)cc1C(Br)N(C)C. The molecule has 15 heavy (non-hydrogen) atoms. The molecule has 0 N–H and O–H groups in total. The molecule has 2 nitrogen and oxygen atoms in total. The number of rotatable bonds is 3. The molecule has 1 atom stereocenters. The fraction of sp³-hybridized carbons (Fsp3) is 0.455. The predicted octanol–water partition coefficient (Wildman–Crippen LogP) is 3.61. The van der Waals surface area contributed by atoms with Crippen molar-refractivity contribution in [3.05, 3.63) is 28.3 Å². The zero-order valence-electron chi connectivity index (χ0n) is 9.34. The van der Waals surface area contributed by atoms with Gasteiger partial charge in [-0.3, -0.25) is 4.90 Å². The highest BCUT2D eigenvalue weighted by atomic mass is 79.9. The Kier molecular flexibility index (Phi) is 4.44. The van der Waals surface area contributed by atoms with Gasteiger partial charge in [-0.05, 0) is 38.7 Å². The van der Waals surface area contributed by atoms with Crippen molar-refractivity contribution < 1.29 is 4.74 Å². The molecule has 0 aliphatic heterocycles. The maximum absolute atomic E-state index is 6.03. The lowest BCUT2D eigenvalue weighted by Gasteiger charge is -2.22. The standard InChI is InChI=1S/C11H15BrClNO/c1-7-5-8(13)6-9(10(7)15-4)11(12)14(2)3/h5-6,11H,1-4H3. The Balaban J connectivity index is 3.26. The van der Waals surface area contributed by atoms with Gasteiger partial charge in [0.05, 0.1) is 12.1 Å². The van der Waals surface area contributed by atoms with Gasteiger partial charge in [-0.2, -0.15) is 0 Å². The molecule has 0 radical (unpaired) electrons. The lowest BCUT2D eigenvalue weighted by molar-refractivity contribution is 0.367. The zero-order valence-corrected chi connectivity index (χ0v) is 11.7. The molecule has 0 aliphatic rings. The Hall–Kier alpha value is -0.250. The van der Waals surface area contributed by atoms with Gasteiger partial charge in [0.15, 0.2) is 0 Å². The third-order valence-corrected chi connectivity index (χ3v) is 3.71. The Morgan fingerprint density at radius 2 is 2.00 bits per heavy atom. The van der Waals surface area contributed by atoms with E-state index in [9.17, 15) is 0 Å². The first-order valence-corrected chi connectivity index (χ1v) is 5.91. The lowest BCUT2D eigenvalue weighted by atomic mass is 10.1. The molecule has 1 aromatic carbocycles. The van der Waals surface area contributed by atoms with E-state index in [2.05, 4.69) is 15.9 Å². The molecule has 0 spiro atoms. The van der Waals surface area contributed by atoms with Crippen LogP contribution in [0.3, 0.4) is 0 Å². The minimum atomic E-state index is 0.102. The van der Waals surface area contributed by atoms with Gasteiger partial charge in [-0.25, -0.2) is 0 Å². The average molecular weight is 293 g/mol. The molecule has 0 aliphatic carbocycles. The molecule has 0 amide bonds. The van der Waals surface area contributed by atoms with E-state index in [-0.39, 0.29) is 4.95 Å². The fourth-order valence-electron chi connectivity index (χ4n) is 1.49. The number of methoxy groups -OCH3 is 1. The molecule has 1 unspecified atom stereocenters. The van der Waals surface area contributed by atoms with E-state index in [1.165, 1.54) is 0 Å². The van der Waals surface area contributed by atoms with Crippen molar-refractivity contribution in [2.45, 2.75) is 11.9 Å². The van der Waals surface area contributed by atoms with Crippen LogP contribution in [0.2, 0.25) is 5.02 Å². The van der Waals surface area contributed by atoms with Crippen molar-refractivity contribution in [1.29, 1.82) is 0 Å². The maximum Gasteiger partial charge on any atom is 0.127 e. The lowest BCUT2D eigenvalue weighted by Crippen LogP contribution is -2.15. The van der Waals surface area contributed by atoms with Gasteiger partial charge in [0, 0.05) is 10.6 Å². The molecule has 1 rings (SSSR count). The van der Waals surface area contributed by atoms with Crippen LogP contribution in [0, 0.1) is 6.92 Å². The summed E-state index contributed by atoms with van der Waals surface area (Å²) < 4.78 is 5.39. The Morgan fingerprint density at radius 1 is 1.40 bits per heavy atom. The van der Waals surface area contributed by atoms with Gasteiger partial charge in [0.1, 0.15) is 5.75 Å². The first kappa shape index (κ1) is 12.8. The largest absolute Gasteiger partial charge is 0.496 e. The Morgan fingerprint density at radius 3 is 2.47 bits per heavy atom. The van der Waals surface area contributed by atoms with Crippen LogP contribution < -0.4 is 4.74 Å². The maximum atomic E-state index is 6.03. The molecular weight excluding hydrogens is 277 g/mol. The van der Waals surface area contributed by atoms with Crippen molar-refractivity contribution in [2.24, 2.45) is 0 Å². The number of alkyl halides is 1. The Bertz CT molecular complexity index is 355. The van der Waals surface area contributed by atoms with Crippen LogP contribution in [-0.4, -0.2) is 26.1 Å². The summed E-state index contributed by atoms with van der Waals surface area (Å²) in [6, 6.07) is 3.83. The number of halogens is 2. The predicted molar refractivity (Wildman–Crippen MR) is 68.1 cm³/mol. The molecule has 0 saturated carbocycles. The van der Waals surface area contributed by atoms with Crippen molar-refractivity contribution in [3.63, 3.8) is 0 Å². The van der Waals surface area contributed by atoms with Crippen LogP contribution in [0.4, 0.5) is 0 Å². The molecule has 0 bridgehead atoms. The summed E-state index contributed by atoms with van der Waals surface area (Å²) in [4.78, 5) is 2.15. The first-order valence-electron chi connectivity index (χ1n) is 4.62. The topological polar surface area (TPSA) is 12.5 Å². The number of hydrogen-bond donors (Lipinski definition) is 0. The summed E-state index contributed by atoms with van der Waals surface area (Å²) in [5.74, 6) is 0.884. The first-order chi connectivity index (χ1) is 6.97. The van der Waals surface area contributed by atoms with E-state index in [1.54, 1.807) is 7.11 Å². The van der Waals surface area contributed by atoms with Crippen LogP contribution in [0.15, 0.2) is 12.1 Å². The van der Waals surface area contributed by atoms with Gasteiger partial charge in [0.25, 0.3) is 0 Å². The van der Waals surface area contributed by atoms with Crippen LogP contribution in [0.1, 0.15) is 16.1 Å². The quantitative estimate of drug-likeness (QED) is 0.623. The van der Waals surface area contributed by atoms with Crippen LogP contribution in [0.5, 0.6) is 5.75 Å². The highest BCUT2D eigenvalue weighted by molar-refractivity contribution is 9.09. The van der Waals surface area contributed by atoms with Crippen molar-refractivity contribution in [1.82, 2.24) is 4.90 Å². The second kappa shape index (κ2) is 5.19. The molecule has 84 valence electrons. The smallest absolute Gasteiger partial charge is 0.127 e. The van der Waals surface area contributed by atoms with Crippen molar-refractivity contribution in [2.75, 3.05) is 21.2 Å². The summed E-state index contributed by atoms with van der Waals surface area (Å²) in [6.07, 6.45) is 0. The summed E-state index contributed by atoms with van der Waals surface area (Å²) in [5.41, 5.74) is 2.10. The monoisotopic (exact) mass is 291 g/mol. The van der Waals surface area contributed by atoms with E-state index in [4.69, 9.17) is 16.3 Å². The molecule has 4 heteroatoms. The van der Waals surface area contributed by atoms with E-state index >= 15 is 0 Å². The van der Waals surface area contributed by atoms with Crippen LogP contribution in [0.25, 0.3) is 0 Å².